The maximum atomic E-state index is 12.4. The fourth-order valence-corrected chi connectivity index (χ4v) is 6.29. The third-order valence-electron chi connectivity index (χ3n) is 7.05. The normalized spacial score (nSPS) is 13.6. The molecule has 0 aromatic heterocycles. The van der Waals surface area contributed by atoms with Crippen LogP contribution in [0.15, 0.2) is 157 Å². The number of thioether (sulfide) groups is 1. The van der Waals surface area contributed by atoms with Crippen molar-refractivity contribution in [1.82, 2.24) is 4.90 Å². The first-order valence-electron chi connectivity index (χ1n) is 13.6. The highest BCUT2D eigenvalue weighted by Gasteiger charge is 2.34. The highest BCUT2D eigenvalue weighted by atomic mass is 32.2. The van der Waals surface area contributed by atoms with Gasteiger partial charge in [0.1, 0.15) is 0 Å². The van der Waals surface area contributed by atoms with E-state index in [0.29, 0.717) is 0 Å². The van der Waals surface area contributed by atoms with E-state index >= 15 is 0 Å². The van der Waals surface area contributed by atoms with Gasteiger partial charge in [-0.15, -0.1) is 11.8 Å². The molecule has 0 saturated carbocycles. The largest absolute Gasteiger partial charge is 0.390 e. The Morgan fingerprint density at radius 1 is 0.513 bits per heavy atom. The Bertz CT molecular complexity index is 1320. The second-order valence-corrected chi connectivity index (χ2v) is 11.1. The van der Waals surface area contributed by atoms with E-state index in [1.165, 1.54) is 16.7 Å². The molecule has 0 radical (unpaired) electrons. The molecule has 5 rings (SSSR count). The molecule has 0 aliphatic rings. The molecular formula is C36H35NOS. The second-order valence-electron chi connectivity index (χ2n) is 9.89. The smallest absolute Gasteiger partial charge is 0.0861 e. The van der Waals surface area contributed by atoms with Crippen molar-refractivity contribution in [1.29, 1.82) is 0 Å². The summed E-state index contributed by atoms with van der Waals surface area (Å²) < 4.78 is 0. The number of rotatable bonds is 12. The van der Waals surface area contributed by atoms with Crippen LogP contribution in [0, 0.1) is 0 Å². The zero-order valence-electron chi connectivity index (χ0n) is 22.1. The van der Waals surface area contributed by atoms with Crippen LogP contribution in [0.25, 0.3) is 0 Å². The molecule has 0 fully saturated rings. The maximum absolute atomic E-state index is 12.4. The highest BCUT2D eigenvalue weighted by Crippen LogP contribution is 2.40. The van der Waals surface area contributed by atoms with Gasteiger partial charge in [0.15, 0.2) is 0 Å². The Hall–Kier alpha value is -3.63. The average Bonchev–Trinajstić information content (AvgIpc) is 3.00. The van der Waals surface area contributed by atoms with Crippen LogP contribution >= 0.6 is 11.8 Å². The topological polar surface area (TPSA) is 23.5 Å². The number of nitrogens with zero attached hydrogens (tertiary/aromatic N) is 1. The first-order valence-corrected chi connectivity index (χ1v) is 14.4. The van der Waals surface area contributed by atoms with Crippen molar-refractivity contribution in [3.63, 3.8) is 0 Å². The van der Waals surface area contributed by atoms with Crippen LogP contribution in [0.5, 0.6) is 0 Å². The average molecular weight is 530 g/mol. The summed E-state index contributed by atoms with van der Waals surface area (Å²) in [7, 11) is 0. The van der Waals surface area contributed by atoms with Gasteiger partial charge in [-0.3, -0.25) is 4.90 Å². The van der Waals surface area contributed by atoms with Crippen LogP contribution in [0.2, 0.25) is 0 Å². The number of hydrogen-bond donors (Lipinski definition) is 1. The fraction of sp³-hybridized carbons (Fsp3) is 0.167. The number of aliphatic hydroxyl groups excluding tert-OH is 1. The van der Waals surface area contributed by atoms with Crippen molar-refractivity contribution in [2.24, 2.45) is 0 Å². The summed E-state index contributed by atoms with van der Waals surface area (Å²) in [6.07, 6.45) is 0.130. The fourth-order valence-electron chi connectivity index (χ4n) is 5.07. The van der Waals surface area contributed by atoms with E-state index in [-0.39, 0.29) is 11.3 Å². The summed E-state index contributed by atoms with van der Waals surface area (Å²) >= 11 is 1.74. The van der Waals surface area contributed by atoms with Gasteiger partial charge in [-0.25, -0.2) is 0 Å². The molecule has 0 saturated heterocycles. The van der Waals surface area contributed by atoms with Crippen molar-refractivity contribution in [3.05, 3.63) is 174 Å². The Morgan fingerprint density at radius 3 is 1.41 bits per heavy atom. The van der Waals surface area contributed by atoms with Gasteiger partial charge in [0.25, 0.3) is 0 Å². The summed E-state index contributed by atoms with van der Waals surface area (Å²) in [4.78, 5) is 3.62. The molecule has 0 spiro atoms. The van der Waals surface area contributed by atoms with Gasteiger partial charge in [0.05, 0.1) is 11.4 Å². The van der Waals surface area contributed by atoms with Crippen LogP contribution in [-0.2, 0) is 19.5 Å². The van der Waals surface area contributed by atoms with Gasteiger partial charge in [-0.2, -0.15) is 0 Å². The SMILES string of the molecule is O[C@H]([C@H](Sc1ccccc1)c1ccccc1)[C@H](Cc1ccccc1)N(Cc1ccccc1)Cc1ccccc1. The van der Waals surface area contributed by atoms with E-state index in [2.05, 4.69) is 144 Å². The first kappa shape index (κ1) is 27.0. The lowest BCUT2D eigenvalue weighted by Gasteiger charge is -2.38. The summed E-state index contributed by atoms with van der Waals surface area (Å²) in [6, 6.07) is 52.5. The molecule has 0 unspecified atom stereocenters. The van der Waals surface area contributed by atoms with Gasteiger partial charge in [-0.05, 0) is 40.8 Å². The van der Waals surface area contributed by atoms with Crippen LogP contribution in [0.4, 0.5) is 0 Å². The van der Waals surface area contributed by atoms with Gasteiger partial charge in [0.2, 0.25) is 0 Å². The molecule has 39 heavy (non-hydrogen) atoms. The minimum Gasteiger partial charge on any atom is -0.390 e. The van der Waals surface area contributed by atoms with Gasteiger partial charge in [-0.1, -0.05) is 140 Å². The predicted octanol–water partition coefficient (Wildman–Crippen LogP) is 8.19. The van der Waals surface area contributed by atoms with Crippen molar-refractivity contribution in [3.8, 4) is 0 Å². The molecule has 0 amide bonds. The first-order chi connectivity index (χ1) is 19.3. The van der Waals surface area contributed by atoms with E-state index < -0.39 is 6.10 Å². The van der Waals surface area contributed by atoms with Crippen molar-refractivity contribution in [2.75, 3.05) is 0 Å². The zero-order chi connectivity index (χ0) is 26.7. The van der Waals surface area contributed by atoms with Crippen molar-refractivity contribution < 1.29 is 5.11 Å². The quantitative estimate of drug-likeness (QED) is 0.165. The molecule has 2 nitrogen and oxygen atoms in total. The number of aliphatic hydroxyl groups is 1. The Labute approximate surface area is 237 Å². The minimum absolute atomic E-state index is 0.116. The summed E-state index contributed by atoms with van der Waals surface area (Å²) in [6.45, 7) is 1.50. The predicted molar refractivity (Wildman–Crippen MR) is 164 cm³/mol. The molecular weight excluding hydrogens is 494 g/mol. The van der Waals surface area contributed by atoms with E-state index in [4.69, 9.17) is 0 Å². The molecule has 5 aromatic rings. The lowest BCUT2D eigenvalue weighted by Crippen LogP contribution is -2.46. The summed E-state index contributed by atoms with van der Waals surface area (Å²) in [5.74, 6) is 0. The lowest BCUT2D eigenvalue weighted by molar-refractivity contribution is 0.0376. The van der Waals surface area contributed by atoms with E-state index in [1.54, 1.807) is 11.8 Å². The molecule has 1 N–H and O–H groups in total. The third kappa shape index (κ3) is 7.70. The Kier molecular flexibility index (Phi) is 9.65. The molecule has 5 aromatic carbocycles. The highest BCUT2D eigenvalue weighted by molar-refractivity contribution is 7.99. The molecule has 196 valence electrons. The van der Waals surface area contributed by atoms with Crippen molar-refractivity contribution in [2.45, 2.75) is 41.8 Å². The summed E-state index contributed by atoms with van der Waals surface area (Å²) in [5.41, 5.74) is 4.84. The molecule has 0 aliphatic carbocycles. The van der Waals surface area contributed by atoms with Gasteiger partial charge < -0.3 is 5.11 Å². The minimum atomic E-state index is -0.620. The molecule has 3 atom stereocenters. The number of benzene rings is 5. The van der Waals surface area contributed by atoms with E-state index in [0.717, 1.165) is 30.0 Å². The number of hydrogen-bond acceptors (Lipinski definition) is 3. The summed E-state index contributed by atoms with van der Waals surface area (Å²) in [5, 5.41) is 12.3. The standard InChI is InChI=1S/C36H35NOS/c38-35(36(32-22-12-4-13-23-32)39-33-24-14-5-15-25-33)34(26-29-16-6-1-7-17-29)37(27-30-18-8-2-9-19-30)28-31-20-10-3-11-21-31/h1-25,34-36,38H,26-28H2/t34-,35-,36+/m0/s1. The molecule has 3 heteroatoms. The molecule has 0 bridgehead atoms. The lowest BCUT2D eigenvalue weighted by atomic mass is 9.93. The zero-order valence-corrected chi connectivity index (χ0v) is 22.9. The van der Waals surface area contributed by atoms with Crippen LogP contribution < -0.4 is 0 Å². The van der Waals surface area contributed by atoms with Gasteiger partial charge in [0, 0.05) is 24.0 Å². The molecule has 0 aliphatic heterocycles. The van der Waals surface area contributed by atoms with Crippen LogP contribution in [0.1, 0.15) is 27.5 Å². The van der Waals surface area contributed by atoms with Crippen molar-refractivity contribution >= 4 is 11.8 Å². The Balaban J connectivity index is 1.55. The van der Waals surface area contributed by atoms with E-state index in [1.807, 2.05) is 12.1 Å². The van der Waals surface area contributed by atoms with Crippen LogP contribution in [-0.4, -0.2) is 22.2 Å². The third-order valence-corrected chi connectivity index (χ3v) is 8.40. The van der Waals surface area contributed by atoms with Gasteiger partial charge >= 0.3 is 0 Å². The Morgan fingerprint density at radius 2 is 0.923 bits per heavy atom. The maximum Gasteiger partial charge on any atom is 0.0861 e. The second kappa shape index (κ2) is 14.0. The van der Waals surface area contributed by atoms with E-state index in [9.17, 15) is 5.11 Å². The molecule has 0 heterocycles. The van der Waals surface area contributed by atoms with Crippen LogP contribution in [0.3, 0.4) is 0 Å². The monoisotopic (exact) mass is 529 g/mol.